The normalized spacial score (nSPS) is 13.3. The van der Waals surface area contributed by atoms with Crippen LogP contribution in [0.3, 0.4) is 0 Å². The molecule has 0 aromatic heterocycles. The van der Waals surface area contributed by atoms with Crippen molar-refractivity contribution in [2.24, 2.45) is 0 Å². The maximum atomic E-state index is 12.4. The van der Waals surface area contributed by atoms with Crippen molar-refractivity contribution in [2.75, 3.05) is 18.5 Å². The molecule has 0 radical (unpaired) electrons. The first-order valence-electron chi connectivity index (χ1n) is 8.06. The number of aryl methyl sites for hydroxylation is 1. The molecular weight excluding hydrogens is 290 g/mol. The van der Waals surface area contributed by atoms with Gasteiger partial charge in [-0.1, -0.05) is 25.5 Å². The van der Waals surface area contributed by atoms with Gasteiger partial charge in [0.25, 0.3) is 5.91 Å². The maximum Gasteiger partial charge on any atom is 0.255 e. The smallest absolute Gasteiger partial charge is 0.255 e. The van der Waals surface area contributed by atoms with Crippen LogP contribution in [0.5, 0.6) is 11.5 Å². The van der Waals surface area contributed by atoms with E-state index in [1.54, 1.807) is 18.2 Å². The van der Waals surface area contributed by atoms with E-state index in [-0.39, 0.29) is 5.91 Å². The van der Waals surface area contributed by atoms with E-state index in [9.17, 15) is 4.79 Å². The number of carbonyl (C=O) groups is 1. The quantitative estimate of drug-likeness (QED) is 0.926. The average molecular weight is 311 g/mol. The summed E-state index contributed by atoms with van der Waals surface area (Å²) < 4.78 is 11.2. The monoisotopic (exact) mass is 311 g/mol. The zero-order chi connectivity index (χ0) is 16.1. The minimum Gasteiger partial charge on any atom is -0.490 e. The highest BCUT2D eigenvalue weighted by molar-refractivity contribution is 6.04. The van der Waals surface area contributed by atoms with Crippen LogP contribution in [0.2, 0.25) is 0 Å². The second kappa shape index (κ2) is 7.18. The number of hydrogen-bond acceptors (Lipinski definition) is 3. The number of anilines is 1. The van der Waals surface area contributed by atoms with Crippen LogP contribution in [0.15, 0.2) is 42.5 Å². The van der Waals surface area contributed by atoms with Crippen LogP contribution in [-0.2, 0) is 6.42 Å². The summed E-state index contributed by atoms with van der Waals surface area (Å²) in [4.78, 5) is 12.4. The highest BCUT2D eigenvalue weighted by Crippen LogP contribution is 2.30. The third-order valence-electron chi connectivity index (χ3n) is 3.76. The van der Waals surface area contributed by atoms with E-state index in [4.69, 9.17) is 9.47 Å². The number of benzene rings is 2. The van der Waals surface area contributed by atoms with Gasteiger partial charge in [-0.25, -0.2) is 0 Å². The zero-order valence-electron chi connectivity index (χ0n) is 13.3. The predicted molar refractivity (Wildman–Crippen MR) is 90.4 cm³/mol. The minimum absolute atomic E-state index is 0.149. The molecule has 2 aromatic rings. The van der Waals surface area contributed by atoms with Crippen LogP contribution in [0, 0.1) is 0 Å². The van der Waals surface area contributed by atoms with E-state index >= 15 is 0 Å². The largest absolute Gasteiger partial charge is 0.490 e. The Morgan fingerprint density at radius 2 is 1.78 bits per heavy atom. The van der Waals surface area contributed by atoms with Crippen molar-refractivity contribution in [3.63, 3.8) is 0 Å². The van der Waals surface area contributed by atoms with Crippen LogP contribution < -0.4 is 14.8 Å². The number of ether oxygens (including phenoxy) is 2. The van der Waals surface area contributed by atoms with E-state index < -0.39 is 0 Å². The molecule has 1 aliphatic heterocycles. The lowest BCUT2D eigenvalue weighted by molar-refractivity contribution is 0.102. The van der Waals surface area contributed by atoms with Crippen LogP contribution in [0.4, 0.5) is 5.69 Å². The van der Waals surface area contributed by atoms with Gasteiger partial charge in [0.1, 0.15) is 0 Å². The van der Waals surface area contributed by atoms with Crippen molar-refractivity contribution in [3.05, 3.63) is 53.6 Å². The Hall–Kier alpha value is -2.49. The molecule has 0 spiro atoms. The summed E-state index contributed by atoms with van der Waals surface area (Å²) >= 11 is 0. The fraction of sp³-hybridized carbons (Fsp3) is 0.316. The standard InChI is InChI=1S/C19H21NO3/c1-2-4-14-5-8-16(9-6-14)20-19(21)15-7-10-17-18(13-15)23-12-3-11-22-17/h5-10,13H,2-4,11-12H2,1H3,(H,20,21). The van der Waals surface area contributed by atoms with E-state index in [1.807, 2.05) is 24.3 Å². The lowest BCUT2D eigenvalue weighted by atomic mass is 10.1. The van der Waals surface area contributed by atoms with Gasteiger partial charge >= 0.3 is 0 Å². The fourth-order valence-corrected chi connectivity index (χ4v) is 2.55. The third kappa shape index (κ3) is 3.83. The molecule has 0 atom stereocenters. The summed E-state index contributed by atoms with van der Waals surface area (Å²) in [6.45, 7) is 3.40. The molecule has 4 nitrogen and oxygen atoms in total. The number of hydrogen-bond donors (Lipinski definition) is 1. The third-order valence-corrected chi connectivity index (χ3v) is 3.76. The van der Waals surface area contributed by atoms with Gasteiger partial charge in [-0.05, 0) is 42.3 Å². The summed E-state index contributed by atoms with van der Waals surface area (Å²) in [6.07, 6.45) is 3.01. The first-order valence-corrected chi connectivity index (χ1v) is 8.06. The van der Waals surface area contributed by atoms with E-state index in [1.165, 1.54) is 5.56 Å². The van der Waals surface area contributed by atoms with Gasteiger partial charge in [-0.15, -0.1) is 0 Å². The molecule has 0 aliphatic carbocycles. The number of rotatable bonds is 4. The molecule has 120 valence electrons. The average Bonchev–Trinajstić information content (AvgIpc) is 2.81. The van der Waals surface area contributed by atoms with E-state index in [0.29, 0.717) is 30.3 Å². The van der Waals surface area contributed by atoms with Gasteiger partial charge in [-0.2, -0.15) is 0 Å². The molecule has 23 heavy (non-hydrogen) atoms. The second-order valence-corrected chi connectivity index (χ2v) is 5.61. The van der Waals surface area contributed by atoms with Gasteiger partial charge in [0.05, 0.1) is 13.2 Å². The number of carbonyl (C=O) groups excluding carboxylic acids is 1. The molecule has 0 bridgehead atoms. The molecule has 1 aliphatic rings. The number of nitrogens with one attached hydrogen (secondary N) is 1. The highest BCUT2D eigenvalue weighted by Gasteiger charge is 2.14. The van der Waals surface area contributed by atoms with Crippen LogP contribution in [-0.4, -0.2) is 19.1 Å². The maximum absolute atomic E-state index is 12.4. The molecule has 1 N–H and O–H groups in total. The molecule has 1 heterocycles. The molecule has 2 aromatic carbocycles. The van der Waals surface area contributed by atoms with Crippen molar-refractivity contribution in [2.45, 2.75) is 26.2 Å². The van der Waals surface area contributed by atoms with E-state index in [0.717, 1.165) is 24.9 Å². The van der Waals surface area contributed by atoms with Crippen molar-refractivity contribution in [1.82, 2.24) is 0 Å². The Balaban J connectivity index is 1.71. The summed E-state index contributed by atoms with van der Waals surface area (Å²) in [7, 11) is 0. The van der Waals surface area contributed by atoms with Gasteiger partial charge < -0.3 is 14.8 Å². The van der Waals surface area contributed by atoms with Gasteiger partial charge in [0.2, 0.25) is 0 Å². The lowest BCUT2D eigenvalue weighted by Gasteiger charge is -2.10. The van der Waals surface area contributed by atoms with Crippen LogP contribution >= 0.6 is 0 Å². The minimum atomic E-state index is -0.149. The SMILES string of the molecule is CCCc1ccc(NC(=O)c2ccc3c(c2)OCCCO3)cc1. The zero-order valence-corrected chi connectivity index (χ0v) is 13.3. The van der Waals surface area contributed by atoms with Crippen molar-refractivity contribution in [3.8, 4) is 11.5 Å². The fourth-order valence-electron chi connectivity index (χ4n) is 2.55. The Labute approximate surface area is 136 Å². The Kier molecular flexibility index (Phi) is 4.81. The number of amides is 1. The van der Waals surface area contributed by atoms with E-state index in [2.05, 4.69) is 12.2 Å². The van der Waals surface area contributed by atoms with Crippen molar-refractivity contribution >= 4 is 11.6 Å². The lowest BCUT2D eigenvalue weighted by Crippen LogP contribution is -2.12. The van der Waals surface area contributed by atoms with Crippen LogP contribution in [0.1, 0.15) is 35.7 Å². The van der Waals surface area contributed by atoms with Crippen LogP contribution in [0.25, 0.3) is 0 Å². The molecule has 0 unspecified atom stereocenters. The van der Waals surface area contributed by atoms with Gasteiger partial charge in [0.15, 0.2) is 11.5 Å². The Morgan fingerprint density at radius 1 is 1.04 bits per heavy atom. The first-order chi connectivity index (χ1) is 11.3. The number of fused-ring (bicyclic) bond motifs is 1. The molecule has 0 saturated carbocycles. The Morgan fingerprint density at radius 3 is 2.52 bits per heavy atom. The van der Waals surface area contributed by atoms with Gasteiger partial charge in [-0.3, -0.25) is 4.79 Å². The molecular formula is C19H21NO3. The summed E-state index contributed by atoms with van der Waals surface area (Å²) in [5.74, 6) is 1.18. The first kappa shape index (κ1) is 15.4. The molecule has 3 rings (SSSR count). The summed E-state index contributed by atoms with van der Waals surface area (Å²) in [6, 6.07) is 13.3. The summed E-state index contributed by atoms with van der Waals surface area (Å²) in [5.41, 5.74) is 2.63. The second-order valence-electron chi connectivity index (χ2n) is 5.61. The molecule has 4 heteroatoms. The summed E-state index contributed by atoms with van der Waals surface area (Å²) in [5, 5.41) is 2.91. The van der Waals surface area contributed by atoms with Gasteiger partial charge in [0, 0.05) is 17.7 Å². The topological polar surface area (TPSA) is 47.6 Å². The van der Waals surface area contributed by atoms with Crippen molar-refractivity contribution in [1.29, 1.82) is 0 Å². The molecule has 0 saturated heterocycles. The highest BCUT2D eigenvalue weighted by atomic mass is 16.5. The molecule has 0 fully saturated rings. The predicted octanol–water partition coefficient (Wildman–Crippen LogP) is 4.05. The van der Waals surface area contributed by atoms with Crippen molar-refractivity contribution < 1.29 is 14.3 Å². The molecule has 1 amide bonds. The Bertz CT molecular complexity index is 680.